The van der Waals surface area contributed by atoms with Crippen LogP contribution in [0, 0.1) is 5.92 Å². The molecule has 0 saturated carbocycles. The van der Waals surface area contributed by atoms with Crippen molar-refractivity contribution in [1.29, 1.82) is 0 Å². The van der Waals surface area contributed by atoms with E-state index >= 15 is 0 Å². The molecule has 0 N–H and O–H groups in total. The molecule has 0 radical (unpaired) electrons. The lowest BCUT2D eigenvalue weighted by Crippen LogP contribution is -2.33. The summed E-state index contributed by atoms with van der Waals surface area (Å²) in [4.78, 5) is 11.9. The van der Waals surface area contributed by atoms with Crippen molar-refractivity contribution >= 4 is 21.7 Å². The van der Waals surface area contributed by atoms with Crippen LogP contribution in [0.3, 0.4) is 0 Å². The number of hydrogen-bond donors (Lipinski definition) is 0. The minimum atomic E-state index is -0.592. The van der Waals surface area contributed by atoms with Crippen molar-refractivity contribution in [3.05, 3.63) is 53.8 Å². The average Bonchev–Trinajstić information content (AvgIpc) is 2.46. The van der Waals surface area contributed by atoms with Crippen molar-refractivity contribution in [1.82, 2.24) is 0 Å². The van der Waals surface area contributed by atoms with E-state index in [1.807, 2.05) is 42.5 Å². The third-order valence-corrected chi connectivity index (χ3v) is 4.64. The summed E-state index contributed by atoms with van der Waals surface area (Å²) in [5, 5.41) is 0. The maximum Gasteiger partial charge on any atom is 0.138 e. The lowest BCUT2D eigenvalue weighted by Gasteiger charge is -2.33. The fraction of sp³-hybridized carbons (Fsp3) is 0.312. The maximum absolute atomic E-state index is 11.9. The van der Waals surface area contributed by atoms with Gasteiger partial charge in [-0.15, -0.1) is 0 Å². The largest absolute Gasteiger partial charge is 0.497 e. The number of allylic oxidation sites excluding steroid dienone is 3. The Morgan fingerprint density at radius 2 is 1.85 bits per heavy atom. The van der Waals surface area contributed by atoms with E-state index in [1.165, 1.54) is 0 Å². The number of Topliss-reactive ketones (excluding diaryl/α,β-unsaturated/α-hetero) is 1. The van der Waals surface area contributed by atoms with Crippen molar-refractivity contribution in [3.8, 4) is 5.75 Å². The van der Waals surface area contributed by atoms with Gasteiger partial charge in [-0.25, -0.2) is 0 Å². The van der Waals surface area contributed by atoms with E-state index in [4.69, 9.17) is 9.47 Å². The first-order valence-electron chi connectivity index (χ1n) is 6.30. The third kappa shape index (κ3) is 2.66. The van der Waals surface area contributed by atoms with Crippen LogP contribution < -0.4 is 4.74 Å². The summed E-state index contributed by atoms with van der Waals surface area (Å²) in [6.07, 6.45) is 5.64. The predicted octanol–water partition coefficient (Wildman–Crippen LogP) is 3.59. The van der Waals surface area contributed by atoms with Crippen LogP contribution in [0.2, 0.25) is 0 Å². The number of alkyl halides is 1. The molecule has 0 bridgehead atoms. The van der Waals surface area contributed by atoms with E-state index in [0.29, 0.717) is 0 Å². The van der Waals surface area contributed by atoms with Crippen molar-refractivity contribution in [3.63, 3.8) is 0 Å². The van der Waals surface area contributed by atoms with Gasteiger partial charge in [-0.3, -0.25) is 4.79 Å². The predicted molar refractivity (Wildman–Crippen MR) is 82.0 cm³/mol. The fourth-order valence-corrected chi connectivity index (χ4v) is 3.31. The Morgan fingerprint density at radius 1 is 1.20 bits per heavy atom. The van der Waals surface area contributed by atoms with Crippen LogP contribution in [0.15, 0.2) is 48.3 Å². The summed E-state index contributed by atoms with van der Waals surface area (Å²) in [5.74, 6) is 1.34. The molecular weight excluding hydrogens is 320 g/mol. The van der Waals surface area contributed by atoms with Crippen molar-refractivity contribution in [2.24, 2.45) is 5.92 Å². The molecule has 0 amide bonds. The normalized spacial score (nSPS) is 25.0. The zero-order valence-electron chi connectivity index (χ0n) is 11.7. The molecule has 1 aromatic carbocycles. The third-order valence-electron chi connectivity index (χ3n) is 3.46. The van der Waals surface area contributed by atoms with E-state index in [-0.39, 0.29) is 11.7 Å². The second-order valence-corrected chi connectivity index (χ2v) is 6.01. The van der Waals surface area contributed by atoms with Gasteiger partial charge in [0.05, 0.1) is 24.5 Å². The standard InChI is InChI=1S/C16H17BrO3/c1-11(18)15-9-8-14(20-3)10-16(15,17)12-4-6-13(19-2)7-5-12/h4-10,15H,1-3H3. The fourth-order valence-electron chi connectivity index (χ4n) is 2.34. The van der Waals surface area contributed by atoms with Crippen LogP contribution in [0.25, 0.3) is 0 Å². The molecule has 0 spiro atoms. The Hall–Kier alpha value is -1.55. The maximum atomic E-state index is 11.9. The minimum Gasteiger partial charge on any atom is -0.497 e. The number of benzene rings is 1. The minimum absolute atomic E-state index is 0.0975. The van der Waals surface area contributed by atoms with Gasteiger partial charge in [-0.05, 0) is 36.8 Å². The molecule has 0 aromatic heterocycles. The quantitative estimate of drug-likeness (QED) is 0.788. The second-order valence-electron chi connectivity index (χ2n) is 4.69. The van der Waals surface area contributed by atoms with Gasteiger partial charge >= 0.3 is 0 Å². The Balaban J connectivity index is 2.48. The molecule has 0 saturated heterocycles. The second kappa shape index (κ2) is 5.83. The van der Waals surface area contributed by atoms with Crippen LogP contribution in [-0.4, -0.2) is 20.0 Å². The first-order chi connectivity index (χ1) is 9.51. The molecule has 106 valence electrons. The van der Waals surface area contributed by atoms with E-state index in [1.54, 1.807) is 21.1 Å². The Morgan fingerprint density at radius 3 is 2.35 bits per heavy atom. The van der Waals surface area contributed by atoms with Gasteiger partial charge in [0.1, 0.15) is 17.3 Å². The Bertz CT molecular complexity index is 560. The molecule has 2 unspecified atom stereocenters. The van der Waals surface area contributed by atoms with E-state index in [0.717, 1.165) is 17.1 Å². The number of rotatable bonds is 4. The first kappa shape index (κ1) is 14.9. The van der Waals surface area contributed by atoms with Crippen LogP contribution in [0.1, 0.15) is 12.5 Å². The van der Waals surface area contributed by atoms with Crippen molar-refractivity contribution in [2.75, 3.05) is 14.2 Å². The van der Waals surface area contributed by atoms with Gasteiger partial charge in [0.2, 0.25) is 0 Å². The molecule has 2 atom stereocenters. The SMILES string of the molecule is COC1=CC(Br)(c2ccc(OC)cc2)C(C(C)=O)C=C1. The van der Waals surface area contributed by atoms with Crippen molar-refractivity contribution < 1.29 is 14.3 Å². The molecule has 1 aliphatic carbocycles. The monoisotopic (exact) mass is 336 g/mol. The molecule has 2 rings (SSSR count). The van der Waals surface area contributed by atoms with Crippen LogP contribution in [0.4, 0.5) is 0 Å². The number of carbonyl (C=O) groups excluding carboxylic acids is 1. The lowest BCUT2D eigenvalue weighted by molar-refractivity contribution is -0.119. The molecule has 3 nitrogen and oxygen atoms in total. The lowest BCUT2D eigenvalue weighted by atomic mass is 9.80. The van der Waals surface area contributed by atoms with E-state index in [2.05, 4.69) is 15.9 Å². The number of carbonyl (C=O) groups is 1. The number of ether oxygens (including phenoxy) is 2. The topological polar surface area (TPSA) is 35.5 Å². The summed E-state index contributed by atoms with van der Waals surface area (Å²) in [6, 6.07) is 7.67. The van der Waals surface area contributed by atoms with E-state index < -0.39 is 4.32 Å². The summed E-state index contributed by atoms with van der Waals surface area (Å²) in [7, 11) is 3.25. The summed E-state index contributed by atoms with van der Waals surface area (Å²) >= 11 is 3.73. The van der Waals surface area contributed by atoms with Crippen LogP contribution in [-0.2, 0) is 13.9 Å². The smallest absolute Gasteiger partial charge is 0.138 e. The van der Waals surface area contributed by atoms with Gasteiger partial charge in [0.25, 0.3) is 0 Å². The number of methoxy groups -OCH3 is 2. The molecule has 4 heteroatoms. The van der Waals surface area contributed by atoms with Crippen LogP contribution >= 0.6 is 15.9 Å². The number of ketones is 1. The first-order valence-corrected chi connectivity index (χ1v) is 7.09. The average molecular weight is 337 g/mol. The molecule has 0 heterocycles. The highest BCUT2D eigenvalue weighted by molar-refractivity contribution is 9.09. The van der Waals surface area contributed by atoms with Gasteiger partial charge < -0.3 is 9.47 Å². The highest BCUT2D eigenvalue weighted by atomic mass is 79.9. The molecular formula is C16H17BrO3. The highest BCUT2D eigenvalue weighted by Crippen LogP contribution is 2.45. The molecule has 0 fully saturated rings. The Labute approximate surface area is 127 Å². The summed E-state index contributed by atoms with van der Waals surface area (Å²) in [6.45, 7) is 1.60. The van der Waals surface area contributed by atoms with Gasteiger partial charge in [-0.1, -0.05) is 34.1 Å². The summed E-state index contributed by atoms with van der Waals surface area (Å²) < 4.78 is 9.87. The van der Waals surface area contributed by atoms with Gasteiger partial charge in [0, 0.05) is 0 Å². The molecule has 20 heavy (non-hydrogen) atoms. The van der Waals surface area contributed by atoms with Gasteiger partial charge in [-0.2, -0.15) is 0 Å². The summed E-state index contributed by atoms with van der Waals surface area (Å²) in [5.41, 5.74) is 0.984. The number of hydrogen-bond acceptors (Lipinski definition) is 3. The highest BCUT2D eigenvalue weighted by Gasteiger charge is 2.40. The van der Waals surface area contributed by atoms with Gasteiger partial charge in [0.15, 0.2) is 0 Å². The van der Waals surface area contributed by atoms with Crippen molar-refractivity contribution in [2.45, 2.75) is 11.2 Å². The zero-order valence-corrected chi connectivity index (χ0v) is 13.3. The zero-order chi connectivity index (χ0) is 14.8. The van der Waals surface area contributed by atoms with Crippen LogP contribution in [0.5, 0.6) is 5.75 Å². The molecule has 0 aliphatic heterocycles. The molecule has 1 aliphatic rings. The molecule has 1 aromatic rings. The Kier molecular flexibility index (Phi) is 4.33. The number of halogens is 1. The van der Waals surface area contributed by atoms with E-state index in [9.17, 15) is 4.79 Å².